The Bertz CT molecular complexity index is 479. The molecule has 0 bridgehead atoms. The molecule has 0 atom stereocenters. The van der Waals surface area contributed by atoms with E-state index < -0.39 is 11.8 Å². The van der Waals surface area contributed by atoms with Crippen molar-refractivity contribution < 1.29 is 19.4 Å². The molecule has 0 unspecified atom stereocenters. The fraction of sp³-hybridized carbons (Fsp3) is 0.167. The summed E-state index contributed by atoms with van der Waals surface area (Å²) in [5.74, 6) is -2.35. The highest BCUT2D eigenvalue weighted by atomic mass is 35.5. The zero-order chi connectivity index (χ0) is 13.0. The Balaban J connectivity index is 3.03. The van der Waals surface area contributed by atoms with E-state index >= 15 is 0 Å². The van der Waals surface area contributed by atoms with Crippen molar-refractivity contribution in [3.05, 3.63) is 40.9 Å². The number of aliphatic carboxylic acids is 1. The van der Waals surface area contributed by atoms with Crippen LogP contribution in [0.4, 0.5) is 0 Å². The Labute approximate surface area is 103 Å². The number of rotatable bonds is 5. The minimum Gasteiger partial charge on any atom is -0.488 e. The second kappa shape index (κ2) is 5.50. The minimum absolute atomic E-state index is 0.00106. The van der Waals surface area contributed by atoms with Gasteiger partial charge in [0, 0.05) is 0 Å². The highest BCUT2D eigenvalue weighted by molar-refractivity contribution is 6.45. The van der Waals surface area contributed by atoms with Crippen LogP contribution in [0, 0.1) is 0 Å². The first-order valence-corrected chi connectivity index (χ1v) is 5.14. The van der Waals surface area contributed by atoms with Crippen LogP contribution in [0.5, 0.6) is 5.75 Å². The van der Waals surface area contributed by atoms with Gasteiger partial charge in [0.05, 0.1) is 10.6 Å². The molecule has 1 aromatic rings. The first-order chi connectivity index (χ1) is 7.93. The average Bonchev–Trinajstić information content (AvgIpc) is 2.26. The standard InChI is InChI=1S/C12H11ClO4/c1-7(2)6-17-9-5-3-4-8(10(9)13)11(14)12(15)16/h3-5H,1,6H2,2H3,(H,15,16). The van der Waals surface area contributed by atoms with Crippen molar-refractivity contribution in [1.82, 2.24) is 0 Å². The van der Waals surface area contributed by atoms with Crippen molar-refractivity contribution in [2.24, 2.45) is 0 Å². The van der Waals surface area contributed by atoms with Gasteiger partial charge < -0.3 is 9.84 Å². The van der Waals surface area contributed by atoms with E-state index in [-0.39, 0.29) is 22.9 Å². The van der Waals surface area contributed by atoms with Crippen LogP contribution in [0.3, 0.4) is 0 Å². The predicted octanol–water partition coefficient (Wildman–Crippen LogP) is 2.56. The fourth-order valence-electron chi connectivity index (χ4n) is 1.11. The molecule has 5 heteroatoms. The van der Waals surface area contributed by atoms with E-state index in [9.17, 15) is 9.59 Å². The number of carboxylic acids is 1. The van der Waals surface area contributed by atoms with Gasteiger partial charge in [-0.2, -0.15) is 0 Å². The maximum Gasteiger partial charge on any atom is 0.377 e. The van der Waals surface area contributed by atoms with Gasteiger partial charge in [0.2, 0.25) is 0 Å². The second-order valence-electron chi connectivity index (χ2n) is 3.50. The molecule has 0 aliphatic carbocycles. The molecular weight excluding hydrogens is 244 g/mol. The molecule has 17 heavy (non-hydrogen) atoms. The Morgan fingerprint density at radius 3 is 2.65 bits per heavy atom. The van der Waals surface area contributed by atoms with Crippen LogP contribution in [0.15, 0.2) is 30.4 Å². The van der Waals surface area contributed by atoms with Gasteiger partial charge in [-0.25, -0.2) is 4.79 Å². The van der Waals surface area contributed by atoms with Crippen LogP contribution in [-0.2, 0) is 4.79 Å². The molecule has 0 saturated heterocycles. The van der Waals surface area contributed by atoms with E-state index in [1.165, 1.54) is 12.1 Å². The van der Waals surface area contributed by atoms with Crippen LogP contribution < -0.4 is 4.74 Å². The molecule has 0 amide bonds. The molecule has 0 radical (unpaired) electrons. The molecule has 0 spiro atoms. The van der Waals surface area contributed by atoms with E-state index in [2.05, 4.69) is 6.58 Å². The van der Waals surface area contributed by atoms with Gasteiger partial charge in [0.25, 0.3) is 5.78 Å². The van der Waals surface area contributed by atoms with Crippen LogP contribution in [0.25, 0.3) is 0 Å². The number of carbonyl (C=O) groups excluding carboxylic acids is 1. The number of carboxylic acid groups (broad SMARTS) is 1. The Kier molecular flexibility index (Phi) is 4.29. The Morgan fingerprint density at radius 2 is 2.12 bits per heavy atom. The summed E-state index contributed by atoms with van der Waals surface area (Å²) in [5, 5.41) is 8.61. The Morgan fingerprint density at radius 1 is 1.47 bits per heavy atom. The largest absolute Gasteiger partial charge is 0.488 e. The van der Waals surface area contributed by atoms with Crippen molar-refractivity contribution in [2.45, 2.75) is 6.92 Å². The second-order valence-corrected chi connectivity index (χ2v) is 3.88. The third-order valence-electron chi connectivity index (χ3n) is 1.88. The van der Waals surface area contributed by atoms with Gasteiger partial charge >= 0.3 is 5.97 Å². The molecule has 90 valence electrons. The van der Waals surface area contributed by atoms with Gasteiger partial charge in [-0.3, -0.25) is 4.79 Å². The molecule has 0 saturated carbocycles. The third-order valence-corrected chi connectivity index (χ3v) is 2.27. The van der Waals surface area contributed by atoms with E-state index in [0.29, 0.717) is 0 Å². The number of halogens is 1. The maximum atomic E-state index is 11.3. The highest BCUT2D eigenvalue weighted by Gasteiger charge is 2.20. The molecule has 4 nitrogen and oxygen atoms in total. The molecule has 0 aromatic heterocycles. The van der Waals surface area contributed by atoms with Crippen LogP contribution in [0.1, 0.15) is 17.3 Å². The molecule has 1 N–H and O–H groups in total. The van der Waals surface area contributed by atoms with Crippen molar-refractivity contribution in [1.29, 1.82) is 0 Å². The smallest absolute Gasteiger partial charge is 0.377 e. The normalized spacial score (nSPS) is 9.76. The number of carbonyl (C=O) groups is 2. The van der Waals surface area contributed by atoms with Gasteiger partial charge in [0.15, 0.2) is 0 Å². The number of ketones is 1. The fourth-order valence-corrected chi connectivity index (χ4v) is 1.38. The summed E-state index contributed by atoms with van der Waals surface area (Å²) in [4.78, 5) is 21.9. The molecule has 0 aliphatic heterocycles. The maximum absolute atomic E-state index is 11.3. The third kappa shape index (κ3) is 3.32. The SMILES string of the molecule is C=C(C)COc1cccc(C(=O)C(=O)O)c1Cl. The summed E-state index contributed by atoms with van der Waals surface area (Å²) in [5.41, 5.74) is 0.703. The first-order valence-electron chi connectivity index (χ1n) is 4.76. The molecule has 0 heterocycles. The van der Waals surface area contributed by atoms with E-state index in [1.54, 1.807) is 13.0 Å². The monoisotopic (exact) mass is 254 g/mol. The zero-order valence-corrected chi connectivity index (χ0v) is 9.95. The average molecular weight is 255 g/mol. The molecule has 1 rings (SSSR count). The lowest BCUT2D eigenvalue weighted by atomic mass is 10.1. The molecule has 0 fully saturated rings. The van der Waals surface area contributed by atoms with Crippen molar-refractivity contribution in [2.75, 3.05) is 6.61 Å². The lowest BCUT2D eigenvalue weighted by Crippen LogP contribution is -2.13. The predicted molar refractivity (Wildman–Crippen MR) is 63.7 cm³/mol. The molecule has 1 aromatic carbocycles. The summed E-state index contributed by atoms with van der Waals surface area (Å²) < 4.78 is 5.29. The summed E-state index contributed by atoms with van der Waals surface area (Å²) >= 11 is 5.89. The minimum atomic E-state index is -1.55. The van der Waals surface area contributed by atoms with Crippen LogP contribution in [-0.4, -0.2) is 23.5 Å². The van der Waals surface area contributed by atoms with Crippen molar-refractivity contribution >= 4 is 23.4 Å². The number of hydrogen-bond donors (Lipinski definition) is 1. The zero-order valence-electron chi connectivity index (χ0n) is 9.20. The van der Waals surface area contributed by atoms with Gasteiger partial charge in [-0.1, -0.05) is 24.2 Å². The van der Waals surface area contributed by atoms with Gasteiger partial charge in [0.1, 0.15) is 12.4 Å². The first kappa shape index (κ1) is 13.3. The number of Topliss-reactive ketones (excluding diaryl/α,β-unsaturated/α-hetero) is 1. The van der Waals surface area contributed by atoms with Gasteiger partial charge in [-0.05, 0) is 24.6 Å². The summed E-state index contributed by atoms with van der Waals surface area (Å²) in [6, 6.07) is 4.41. The Hall–Kier alpha value is -1.81. The summed E-state index contributed by atoms with van der Waals surface area (Å²) in [6.07, 6.45) is 0. The highest BCUT2D eigenvalue weighted by Crippen LogP contribution is 2.28. The topological polar surface area (TPSA) is 63.6 Å². The number of ether oxygens (including phenoxy) is 1. The van der Waals surface area contributed by atoms with E-state index in [4.69, 9.17) is 21.4 Å². The molecular formula is C12H11ClO4. The summed E-state index contributed by atoms with van der Waals surface area (Å²) in [6.45, 7) is 5.69. The van der Waals surface area contributed by atoms with E-state index in [0.717, 1.165) is 5.57 Å². The number of hydrogen-bond acceptors (Lipinski definition) is 3. The van der Waals surface area contributed by atoms with Crippen molar-refractivity contribution in [3.8, 4) is 5.75 Å². The van der Waals surface area contributed by atoms with Crippen molar-refractivity contribution in [3.63, 3.8) is 0 Å². The lowest BCUT2D eigenvalue weighted by Gasteiger charge is -2.09. The van der Waals surface area contributed by atoms with Crippen LogP contribution >= 0.6 is 11.6 Å². The molecule has 0 aliphatic rings. The van der Waals surface area contributed by atoms with Gasteiger partial charge in [-0.15, -0.1) is 0 Å². The quantitative estimate of drug-likeness (QED) is 0.498. The number of benzene rings is 1. The summed E-state index contributed by atoms with van der Waals surface area (Å²) in [7, 11) is 0. The van der Waals surface area contributed by atoms with E-state index in [1.807, 2.05) is 0 Å². The van der Waals surface area contributed by atoms with Crippen LogP contribution in [0.2, 0.25) is 5.02 Å². The lowest BCUT2D eigenvalue weighted by molar-refractivity contribution is -0.131.